The molecule has 0 unspecified atom stereocenters. The zero-order valence-corrected chi connectivity index (χ0v) is 10.4. The van der Waals surface area contributed by atoms with Gasteiger partial charge in [-0.15, -0.1) is 0 Å². The van der Waals surface area contributed by atoms with Gasteiger partial charge in [0, 0.05) is 11.2 Å². The van der Waals surface area contributed by atoms with Crippen molar-refractivity contribution < 1.29 is 13.2 Å². The first-order valence-corrected chi connectivity index (χ1v) is 5.76. The lowest BCUT2D eigenvalue weighted by molar-refractivity contribution is -0.137. The normalized spacial score (nSPS) is 12.6. The van der Waals surface area contributed by atoms with E-state index in [1.807, 2.05) is 0 Å². The lowest BCUT2D eigenvalue weighted by atomic mass is 9.95. The van der Waals surface area contributed by atoms with Gasteiger partial charge in [-0.1, -0.05) is 13.8 Å². The van der Waals surface area contributed by atoms with Gasteiger partial charge >= 0.3 is 6.18 Å². The van der Waals surface area contributed by atoms with Gasteiger partial charge in [0.2, 0.25) is 0 Å². The Morgan fingerprint density at radius 3 is 1.82 bits per heavy atom. The second-order valence-corrected chi connectivity index (χ2v) is 4.47. The monoisotopic (exact) mass is 245 g/mol. The highest BCUT2D eigenvalue weighted by molar-refractivity contribution is 5.47. The molecule has 0 saturated carbocycles. The number of halogens is 3. The Kier molecular flexibility index (Phi) is 4.07. The summed E-state index contributed by atoms with van der Waals surface area (Å²) < 4.78 is 37.1. The average molecular weight is 245 g/mol. The summed E-state index contributed by atoms with van der Waals surface area (Å²) in [6, 6.07) is 5.17. The minimum Gasteiger partial charge on any atom is -0.380 e. The van der Waals surface area contributed by atoms with Gasteiger partial charge in [-0.25, -0.2) is 0 Å². The van der Waals surface area contributed by atoms with E-state index in [0.29, 0.717) is 0 Å². The van der Waals surface area contributed by atoms with E-state index in [4.69, 9.17) is 0 Å². The van der Waals surface area contributed by atoms with E-state index in [9.17, 15) is 13.2 Å². The summed E-state index contributed by atoms with van der Waals surface area (Å²) in [7, 11) is 0. The van der Waals surface area contributed by atoms with Crippen molar-refractivity contribution in [1.29, 1.82) is 0 Å². The first-order valence-electron chi connectivity index (χ1n) is 5.76. The van der Waals surface area contributed by atoms with Crippen LogP contribution in [0.2, 0.25) is 0 Å². The van der Waals surface area contributed by atoms with Crippen molar-refractivity contribution in [1.82, 2.24) is 0 Å². The summed E-state index contributed by atoms with van der Waals surface area (Å²) in [4.78, 5) is 0. The van der Waals surface area contributed by atoms with Gasteiger partial charge in [0.1, 0.15) is 0 Å². The summed E-state index contributed by atoms with van der Waals surface area (Å²) in [6.45, 7) is 6.17. The molecule has 0 saturated heterocycles. The number of anilines is 1. The Morgan fingerprint density at radius 2 is 1.47 bits per heavy atom. The zero-order chi connectivity index (χ0) is 13.1. The van der Waals surface area contributed by atoms with Crippen molar-refractivity contribution in [2.75, 3.05) is 5.32 Å². The third kappa shape index (κ3) is 3.65. The standard InChI is InChI=1S/C13H18F3N/c1-4-12(3,5-2)17-11-8-6-10(7-9-11)13(14,15)16/h6-9,17H,4-5H2,1-3H3. The SMILES string of the molecule is CCC(C)(CC)Nc1ccc(C(F)(F)F)cc1. The maximum atomic E-state index is 12.4. The minimum atomic E-state index is -4.27. The van der Waals surface area contributed by atoms with Gasteiger partial charge in [0.25, 0.3) is 0 Å². The molecule has 0 atom stereocenters. The van der Waals surface area contributed by atoms with Crippen molar-refractivity contribution >= 4 is 5.69 Å². The predicted octanol–water partition coefficient (Wildman–Crippen LogP) is 4.70. The van der Waals surface area contributed by atoms with Crippen LogP contribution in [0.15, 0.2) is 24.3 Å². The molecule has 0 bridgehead atoms. The summed E-state index contributed by atoms with van der Waals surface area (Å²) in [5.41, 5.74) is 0.0432. The zero-order valence-electron chi connectivity index (χ0n) is 10.4. The molecular formula is C13H18F3N. The van der Waals surface area contributed by atoms with E-state index in [0.717, 1.165) is 30.7 Å². The van der Waals surface area contributed by atoms with Crippen molar-refractivity contribution in [3.05, 3.63) is 29.8 Å². The summed E-state index contributed by atoms with van der Waals surface area (Å²) in [5, 5.41) is 3.27. The first kappa shape index (κ1) is 13.9. The molecule has 1 nitrogen and oxygen atoms in total. The Hall–Kier alpha value is -1.19. The van der Waals surface area contributed by atoms with Crippen LogP contribution in [-0.2, 0) is 6.18 Å². The highest BCUT2D eigenvalue weighted by Crippen LogP contribution is 2.30. The van der Waals surface area contributed by atoms with E-state index >= 15 is 0 Å². The Bertz CT molecular complexity index is 350. The molecular weight excluding hydrogens is 227 g/mol. The molecule has 0 spiro atoms. The van der Waals surface area contributed by atoms with Crippen LogP contribution < -0.4 is 5.32 Å². The topological polar surface area (TPSA) is 12.0 Å². The van der Waals surface area contributed by atoms with Gasteiger partial charge in [-0.2, -0.15) is 13.2 Å². The molecule has 0 amide bonds. The predicted molar refractivity (Wildman–Crippen MR) is 64.1 cm³/mol. The van der Waals surface area contributed by atoms with Crippen molar-refractivity contribution in [3.63, 3.8) is 0 Å². The molecule has 0 radical (unpaired) electrons. The van der Waals surface area contributed by atoms with Gasteiger partial charge in [0.15, 0.2) is 0 Å². The molecule has 1 aromatic carbocycles. The van der Waals surface area contributed by atoms with Crippen LogP contribution in [0, 0.1) is 0 Å². The Morgan fingerprint density at radius 1 is 1.00 bits per heavy atom. The number of nitrogens with one attached hydrogen (secondary N) is 1. The quantitative estimate of drug-likeness (QED) is 0.811. The highest BCUT2D eigenvalue weighted by Gasteiger charge is 2.30. The fourth-order valence-electron chi connectivity index (χ4n) is 1.52. The van der Waals surface area contributed by atoms with Crippen LogP contribution in [-0.4, -0.2) is 5.54 Å². The van der Waals surface area contributed by atoms with Gasteiger partial charge in [0.05, 0.1) is 5.56 Å². The summed E-state index contributed by atoms with van der Waals surface area (Å²) in [5.74, 6) is 0. The van der Waals surface area contributed by atoms with Crippen LogP contribution in [0.4, 0.5) is 18.9 Å². The van der Waals surface area contributed by atoms with E-state index in [1.165, 1.54) is 12.1 Å². The third-order valence-electron chi connectivity index (χ3n) is 3.22. The number of hydrogen-bond acceptors (Lipinski definition) is 1. The largest absolute Gasteiger partial charge is 0.416 e. The second kappa shape index (κ2) is 4.98. The van der Waals surface area contributed by atoms with Gasteiger partial charge in [-0.05, 0) is 44.0 Å². The summed E-state index contributed by atoms with van der Waals surface area (Å²) >= 11 is 0. The molecule has 0 aromatic heterocycles. The molecule has 0 aliphatic carbocycles. The summed E-state index contributed by atoms with van der Waals surface area (Å²) in [6.07, 6.45) is -2.42. The molecule has 1 rings (SSSR count). The van der Waals surface area contributed by atoms with Gasteiger partial charge in [-0.3, -0.25) is 0 Å². The minimum absolute atomic E-state index is 0.0697. The van der Waals surface area contributed by atoms with Crippen molar-refractivity contribution in [2.45, 2.75) is 45.3 Å². The molecule has 0 aliphatic heterocycles. The van der Waals surface area contributed by atoms with Crippen LogP contribution in [0.25, 0.3) is 0 Å². The number of rotatable bonds is 4. The lowest BCUT2D eigenvalue weighted by Gasteiger charge is -2.29. The molecule has 1 N–H and O–H groups in total. The fraction of sp³-hybridized carbons (Fsp3) is 0.538. The van der Waals surface area contributed by atoms with Crippen molar-refractivity contribution in [2.24, 2.45) is 0 Å². The lowest BCUT2D eigenvalue weighted by Crippen LogP contribution is -2.32. The second-order valence-electron chi connectivity index (χ2n) is 4.47. The number of hydrogen-bond donors (Lipinski definition) is 1. The molecule has 96 valence electrons. The fourth-order valence-corrected chi connectivity index (χ4v) is 1.52. The van der Waals surface area contributed by atoms with Crippen LogP contribution >= 0.6 is 0 Å². The van der Waals surface area contributed by atoms with Gasteiger partial charge < -0.3 is 5.32 Å². The molecule has 1 aromatic rings. The van der Waals surface area contributed by atoms with Crippen LogP contribution in [0.3, 0.4) is 0 Å². The van der Waals surface area contributed by atoms with E-state index in [1.54, 1.807) is 0 Å². The maximum Gasteiger partial charge on any atom is 0.416 e. The Balaban J connectivity index is 2.82. The first-order chi connectivity index (χ1) is 7.80. The maximum absolute atomic E-state index is 12.4. The number of alkyl halides is 3. The molecule has 0 aliphatic rings. The Labute approximate surface area is 100 Å². The smallest absolute Gasteiger partial charge is 0.380 e. The molecule has 0 heterocycles. The molecule has 0 fully saturated rings. The van der Waals surface area contributed by atoms with Crippen LogP contribution in [0.1, 0.15) is 39.2 Å². The van der Waals surface area contributed by atoms with E-state index in [-0.39, 0.29) is 5.54 Å². The van der Waals surface area contributed by atoms with E-state index < -0.39 is 11.7 Å². The average Bonchev–Trinajstić information content (AvgIpc) is 2.28. The molecule has 17 heavy (non-hydrogen) atoms. The molecule has 4 heteroatoms. The van der Waals surface area contributed by atoms with Crippen LogP contribution in [0.5, 0.6) is 0 Å². The van der Waals surface area contributed by atoms with E-state index in [2.05, 4.69) is 26.1 Å². The van der Waals surface area contributed by atoms with Crippen molar-refractivity contribution in [3.8, 4) is 0 Å². The third-order valence-corrected chi connectivity index (χ3v) is 3.22. The highest BCUT2D eigenvalue weighted by atomic mass is 19.4. The number of benzene rings is 1.